The number of methoxy groups -OCH3 is 1. The molecule has 220 valence electrons. The Kier molecular flexibility index (Phi) is 10.4. The Hall–Kier alpha value is -4.57. The van der Waals surface area contributed by atoms with E-state index in [1.165, 1.54) is 0 Å². The van der Waals surface area contributed by atoms with Gasteiger partial charge < -0.3 is 25.3 Å². The van der Waals surface area contributed by atoms with Crippen molar-refractivity contribution in [2.24, 2.45) is 11.1 Å². The van der Waals surface area contributed by atoms with Gasteiger partial charge in [-0.3, -0.25) is 14.5 Å². The maximum atomic E-state index is 13.8. The number of imide groups is 1. The maximum absolute atomic E-state index is 13.8. The number of para-hydroxylation sites is 1. The average Bonchev–Trinajstić information content (AvgIpc) is 3.14. The summed E-state index contributed by atoms with van der Waals surface area (Å²) in [5.41, 5.74) is 2.18. The Bertz CT molecular complexity index is 1430. The Morgan fingerprint density at radius 1 is 1.14 bits per heavy atom. The first-order valence-electron chi connectivity index (χ1n) is 13.5. The number of aliphatic carboxylic acids is 1. The molecule has 0 radical (unpaired) electrons. The smallest absolute Gasteiger partial charge is 0.325 e. The van der Waals surface area contributed by atoms with Gasteiger partial charge in [-0.15, -0.1) is 0 Å². The second-order valence-electron chi connectivity index (χ2n) is 9.83. The molecule has 0 aliphatic carbocycles. The summed E-state index contributed by atoms with van der Waals surface area (Å²) in [6, 6.07) is 20.2. The van der Waals surface area contributed by atoms with Gasteiger partial charge in [0.2, 0.25) is 5.91 Å². The standard InChI is InChI=1S/C31H33ClN4O6/c1-3-26(21-11-9-20(10-12-21)15-29(37)38)34-31(40)36-19-28(35-42-25-7-5-4-6-8-25)33-18-23(30(36)39)16-22-17-24(32)13-14-27(22)41-2/h4-14,17,23,26H,3,15-16,18-19H2,1-2H3,(H,33,35)(H,34,40)(H,37,38)/t23-,26?/m1/s1. The maximum Gasteiger partial charge on any atom is 0.325 e. The van der Waals surface area contributed by atoms with Crippen molar-refractivity contribution >= 4 is 35.3 Å². The van der Waals surface area contributed by atoms with E-state index in [4.69, 9.17) is 26.3 Å². The highest BCUT2D eigenvalue weighted by Crippen LogP contribution is 2.27. The number of halogens is 1. The molecule has 1 fully saturated rings. The monoisotopic (exact) mass is 592 g/mol. The van der Waals surface area contributed by atoms with Crippen LogP contribution in [0.2, 0.25) is 5.02 Å². The lowest BCUT2D eigenvalue weighted by Crippen LogP contribution is -2.48. The summed E-state index contributed by atoms with van der Waals surface area (Å²) < 4.78 is 5.48. The molecule has 0 aromatic heterocycles. The minimum Gasteiger partial charge on any atom is -0.496 e. The molecular formula is C31H33ClN4O6. The van der Waals surface area contributed by atoms with Crippen molar-refractivity contribution in [3.05, 3.63) is 94.5 Å². The van der Waals surface area contributed by atoms with Crippen LogP contribution in [-0.2, 0) is 22.4 Å². The van der Waals surface area contributed by atoms with E-state index in [-0.39, 0.29) is 25.9 Å². The molecule has 3 amide bonds. The molecule has 0 bridgehead atoms. The molecule has 1 saturated heterocycles. The number of carbonyl (C=O) groups excluding carboxylic acids is 2. The summed E-state index contributed by atoms with van der Waals surface area (Å²) >= 11 is 6.23. The van der Waals surface area contributed by atoms with Crippen molar-refractivity contribution in [3.8, 4) is 11.5 Å². The van der Waals surface area contributed by atoms with Crippen molar-refractivity contribution in [1.82, 2.24) is 15.5 Å². The second kappa shape index (κ2) is 14.4. The molecular weight excluding hydrogens is 560 g/mol. The van der Waals surface area contributed by atoms with E-state index in [0.717, 1.165) is 16.0 Å². The number of oxime groups is 1. The van der Waals surface area contributed by atoms with Crippen LogP contribution in [0.1, 0.15) is 36.1 Å². The van der Waals surface area contributed by atoms with Gasteiger partial charge in [-0.2, -0.15) is 0 Å². The van der Waals surface area contributed by atoms with E-state index < -0.39 is 29.9 Å². The predicted molar refractivity (Wildman–Crippen MR) is 159 cm³/mol. The first-order valence-corrected chi connectivity index (χ1v) is 13.9. The third kappa shape index (κ3) is 8.01. The van der Waals surface area contributed by atoms with Gasteiger partial charge in [-0.1, -0.05) is 66.1 Å². The number of urea groups is 1. The van der Waals surface area contributed by atoms with E-state index in [1.54, 1.807) is 61.7 Å². The van der Waals surface area contributed by atoms with Crippen molar-refractivity contribution in [2.45, 2.75) is 32.2 Å². The lowest BCUT2D eigenvalue weighted by Gasteiger charge is -2.26. The van der Waals surface area contributed by atoms with Gasteiger partial charge in [-0.25, -0.2) is 4.79 Å². The number of nitrogens with zero attached hydrogens (tertiary/aromatic N) is 2. The summed E-state index contributed by atoms with van der Waals surface area (Å²) in [6.07, 6.45) is 0.727. The Morgan fingerprint density at radius 3 is 2.55 bits per heavy atom. The number of benzene rings is 3. The molecule has 0 spiro atoms. The molecule has 42 heavy (non-hydrogen) atoms. The van der Waals surface area contributed by atoms with Crippen LogP contribution in [0.4, 0.5) is 4.79 Å². The molecule has 11 heteroatoms. The number of amides is 3. The Balaban J connectivity index is 1.58. The SMILES string of the molecule is CCC(NC(=O)N1C/C(=N/Oc2ccccc2)NC[C@@H](Cc2cc(Cl)ccc2OC)C1=O)c1ccc(CC(=O)O)cc1. The average molecular weight is 593 g/mol. The second-order valence-corrected chi connectivity index (χ2v) is 10.3. The van der Waals surface area contributed by atoms with Crippen LogP contribution in [0.5, 0.6) is 11.5 Å². The minimum absolute atomic E-state index is 0.0926. The summed E-state index contributed by atoms with van der Waals surface area (Å²) in [7, 11) is 1.55. The van der Waals surface area contributed by atoms with Crippen LogP contribution in [0.15, 0.2) is 78.0 Å². The number of hydrogen-bond acceptors (Lipinski definition) is 6. The quantitative estimate of drug-likeness (QED) is 0.288. The highest BCUT2D eigenvalue weighted by Gasteiger charge is 2.35. The number of amidine groups is 1. The summed E-state index contributed by atoms with van der Waals surface area (Å²) in [4.78, 5) is 45.2. The molecule has 4 rings (SSSR count). The zero-order chi connectivity index (χ0) is 30.1. The van der Waals surface area contributed by atoms with Gasteiger partial charge in [0.1, 0.15) is 5.75 Å². The predicted octanol–water partition coefficient (Wildman–Crippen LogP) is 4.82. The van der Waals surface area contributed by atoms with Gasteiger partial charge in [0.05, 0.1) is 32.0 Å². The van der Waals surface area contributed by atoms with Gasteiger partial charge in [0, 0.05) is 11.6 Å². The number of nitrogens with one attached hydrogen (secondary N) is 2. The zero-order valence-electron chi connectivity index (χ0n) is 23.4. The molecule has 2 atom stereocenters. The third-order valence-electron chi connectivity index (χ3n) is 6.88. The first kappa shape index (κ1) is 30.4. The summed E-state index contributed by atoms with van der Waals surface area (Å²) in [6.45, 7) is 1.99. The van der Waals surface area contributed by atoms with Gasteiger partial charge in [-0.05, 0) is 59.9 Å². The van der Waals surface area contributed by atoms with Gasteiger partial charge in [0.15, 0.2) is 11.6 Å². The molecule has 3 N–H and O–H groups in total. The largest absolute Gasteiger partial charge is 0.496 e. The molecule has 1 aliphatic rings. The van der Waals surface area contributed by atoms with E-state index in [0.29, 0.717) is 34.3 Å². The fraction of sp³-hybridized carbons (Fsp3) is 0.290. The van der Waals surface area contributed by atoms with Crippen LogP contribution in [0, 0.1) is 5.92 Å². The van der Waals surface area contributed by atoms with E-state index in [2.05, 4.69) is 15.8 Å². The van der Waals surface area contributed by atoms with E-state index in [9.17, 15) is 14.4 Å². The van der Waals surface area contributed by atoms with Gasteiger partial charge >= 0.3 is 12.0 Å². The van der Waals surface area contributed by atoms with E-state index >= 15 is 0 Å². The van der Waals surface area contributed by atoms with Crippen LogP contribution < -0.4 is 20.2 Å². The normalized spacial score (nSPS) is 16.7. The molecule has 3 aromatic rings. The number of carbonyl (C=O) groups is 3. The topological polar surface area (TPSA) is 130 Å². The van der Waals surface area contributed by atoms with Crippen molar-refractivity contribution < 1.29 is 29.1 Å². The molecule has 1 unspecified atom stereocenters. The first-order chi connectivity index (χ1) is 20.3. The fourth-order valence-electron chi connectivity index (χ4n) is 4.68. The summed E-state index contributed by atoms with van der Waals surface area (Å²) in [5, 5.41) is 19.9. The highest BCUT2D eigenvalue weighted by atomic mass is 35.5. The fourth-order valence-corrected chi connectivity index (χ4v) is 4.87. The summed E-state index contributed by atoms with van der Waals surface area (Å²) in [5.74, 6) is -0.535. The molecule has 0 saturated carbocycles. The number of hydrogen-bond donors (Lipinski definition) is 3. The van der Waals surface area contributed by atoms with Crippen molar-refractivity contribution in [1.29, 1.82) is 0 Å². The van der Waals surface area contributed by atoms with Crippen LogP contribution in [0.3, 0.4) is 0 Å². The van der Waals surface area contributed by atoms with Crippen molar-refractivity contribution in [3.63, 3.8) is 0 Å². The number of carboxylic acid groups (broad SMARTS) is 1. The molecule has 1 heterocycles. The third-order valence-corrected chi connectivity index (χ3v) is 7.11. The van der Waals surface area contributed by atoms with Gasteiger partial charge in [0.25, 0.3) is 0 Å². The highest BCUT2D eigenvalue weighted by molar-refractivity contribution is 6.30. The number of carboxylic acids is 1. The van der Waals surface area contributed by atoms with Crippen molar-refractivity contribution in [2.75, 3.05) is 20.2 Å². The number of ether oxygens (including phenoxy) is 1. The molecule has 3 aromatic carbocycles. The lowest BCUT2D eigenvalue weighted by molar-refractivity contribution is -0.136. The number of rotatable bonds is 10. The van der Waals surface area contributed by atoms with E-state index in [1.807, 2.05) is 25.1 Å². The lowest BCUT2D eigenvalue weighted by atomic mass is 9.97. The van der Waals surface area contributed by atoms with Crippen LogP contribution in [-0.4, -0.2) is 53.9 Å². The molecule has 1 aliphatic heterocycles. The zero-order valence-corrected chi connectivity index (χ0v) is 24.1. The molecule has 10 nitrogen and oxygen atoms in total. The Labute approximate surface area is 249 Å². The minimum atomic E-state index is -0.921. The Morgan fingerprint density at radius 2 is 1.88 bits per heavy atom. The van der Waals surface area contributed by atoms with Crippen LogP contribution >= 0.6 is 11.6 Å². The van der Waals surface area contributed by atoms with Crippen LogP contribution in [0.25, 0.3) is 0 Å².